The summed E-state index contributed by atoms with van der Waals surface area (Å²) in [6.45, 7) is 6.77. The van der Waals surface area contributed by atoms with E-state index in [4.69, 9.17) is 14.8 Å². The molecule has 0 radical (unpaired) electrons. The number of hydrogen-bond donors (Lipinski definition) is 1. The van der Waals surface area contributed by atoms with Crippen LogP contribution < -0.4 is 5.73 Å². The summed E-state index contributed by atoms with van der Waals surface area (Å²) in [5.41, 5.74) is 5.86. The molecule has 108 valence electrons. The van der Waals surface area contributed by atoms with Crippen molar-refractivity contribution >= 4 is 7.60 Å². The Morgan fingerprint density at radius 1 is 1.17 bits per heavy atom. The van der Waals surface area contributed by atoms with Gasteiger partial charge in [-0.25, -0.2) is 0 Å². The van der Waals surface area contributed by atoms with E-state index in [-0.39, 0.29) is 6.04 Å². The number of likely N-dealkylation sites (tertiary alicyclic amines) is 1. The van der Waals surface area contributed by atoms with Crippen LogP contribution in [0.5, 0.6) is 0 Å². The smallest absolute Gasteiger partial charge is 0.328 e. The molecule has 6 heteroatoms. The summed E-state index contributed by atoms with van der Waals surface area (Å²) < 4.78 is 23.5. The minimum atomic E-state index is -2.96. The van der Waals surface area contributed by atoms with Gasteiger partial charge in [0.25, 0.3) is 0 Å². The van der Waals surface area contributed by atoms with E-state index >= 15 is 0 Å². The first-order valence-corrected chi connectivity index (χ1v) is 8.68. The molecular formula is C12H27N2O3P. The van der Waals surface area contributed by atoms with Gasteiger partial charge in [-0.2, -0.15) is 0 Å². The minimum Gasteiger partial charge on any atom is -0.328 e. The molecule has 0 bridgehead atoms. The maximum atomic E-state index is 12.6. The molecule has 1 rings (SSSR count). The summed E-state index contributed by atoms with van der Waals surface area (Å²) in [4.78, 5) is 2.15. The van der Waals surface area contributed by atoms with Crippen LogP contribution in [-0.4, -0.2) is 43.5 Å². The summed E-state index contributed by atoms with van der Waals surface area (Å²) in [6, 6.07) is 0.286. The molecule has 1 heterocycles. The van der Waals surface area contributed by atoms with E-state index in [0.29, 0.717) is 19.5 Å². The molecule has 0 atom stereocenters. The summed E-state index contributed by atoms with van der Waals surface area (Å²) in [5.74, 6) is 0. The number of hydrogen-bond acceptors (Lipinski definition) is 5. The molecule has 1 aliphatic rings. The second-order valence-electron chi connectivity index (χ2n) is 4.87. The highest BCUT2D eigenvalue weighted by Crippen LogP contribution is 2.49. The van der Waals surface area contributed by atoms with Gasteiger partial charge in [-0.15, -0.1) is 0 Å². The third kappa shape index (κ3) is 5.81. The van der Waals surface area contributed by atoms with E-state index in [2.05, 4.69) is 4.90 Å². The number of piperidine rings is 1. The molecule has 1 aliphatic heterocycles. The molecule has 0 aromatic rings. The maximum absolute atomic E-state index is 12.6. The molecule has 0 saturated carbocycles. The van der Waals surface area contributed by atoms with Crippen molar-refractivity contribution in [1.82, 2.24) is 4.90 Å². The quantitative estimate of drug-likeness (QED) is 0.691. The molecule has 1 saturated heterocycles. The van der Waals surface area contributed by atoms with Gasteiger partial charge >= 0.3 is 7.60 Å². The topological polar surface area (TPSA) is 64.8 Å². The van der Waals surface area contributed by atoms with Crippen molar-refractivity contribution in [2.45, 2.75) is 45.6 Å². The van der Waals surface area contributed by atoms with E-state index in [9.17, 15) is 4.57 Å². The Labute approximate surface area is 111 Å². The van der Waals surface area contributed by atoms with E-state index in [1.54, 1.807) is 0 Å². The Kier molecular flexibility index (Phi) is 7.42. The number of nitrogens with two attached hydrogens (primary N) is 1. The normalized spacial score (nSPS) is 19.3. The van der Waals surface area contributed by atoms with Crippen LogP contribution in [0.4, 0.5) is 0 Å². The van der Waals surface area contributed by atoms with Gasteiger partial charge in [0.2, 0.25) is 0 Å². The summed E-state index contributed by atoms with van der Waals surface area (Å²) >= 11 is 0. The van der Waals surface area contributed by atoms with Crippen molar-refractivity contribution < 1.29 is 13.6 Å². The third-order valence-electron chi connectivity index (χ3n) is 2.99. The van der Waals surface area contributed by atoms with Gasteiger partial charge in [0.05, 0.1) is 13.2 Å². The molecule has 1 fully saturated rings. The minimum absolute atomic E-state index is 0.286. The lowest BCUT2D eigenvalue weighted by molar-refractivity contribution is 0.171. The van der Waals surface area contributed by atoms with Crippen molar-refractivity contribution in [3.63, 3.8) is 0 Å². The Morgan fingerprint density at radius 2 is 1.67 bits per heavy atom. The molecule has 5 nitrogen and oxygen atoms in total. The van der Waals surface area contributed by atoms with Crippen molar-refractivity contribution in [2.75, 3.05) is 32.6 Å². The molecular weight excluding hydrogens is 251 g/mol. The van der Waals surface area contributed by atoms with Gasteiger partial charge < -0.3 is 14.8 Å². The lowest BCUT2D eigenvalue weighted by Crippen LogP contribution is -2.40. The van der Waals surface area contributed by atoms with Crippen LogP contribution in [-0.2, 0) is 13.6 Å². The van der Waals surface area contributed by atoms with Crippen LogP contribution >= 0.6 is 7.60 Å². The molecule has 0 unspecified atom stereocenters. The van der Waals surface area contributed by atoms with Crippen LogP contribution in [0.3, 0.4) is 0 Å². The van der Waals surface area contributed by atoms with Gasteiger partial charge in [0.1, 0.15) is 6.29 Å². The summed E-state index contributed by atoms with van der Waals surface area (Å²) in [7, 11) is -2.96. The fraction of sp³-hybridized carbons (Fsp3) is 1.00. The van der Waals surface area contributed by atoms with Crippen molar-refractivity contribution in [3.05, 3.63) is 0 Å². The second kappa shape index (κ2) is 8.28. The van der Waals surface area contributed by atoms with Crippen molar-refractivity contribution in [2.24, 2.45) is 5.73 Å². The predicted molar refractivity (Wildman–Crippen MR) is 73.7 cm³/mol. The zero-order valence-electron chi connectivity index (χ0n) is 11.6. The molecule has 0 aromatic heterocycles. The summed E-state index contributed by atoms with van der Waals surface area (Å²) in [5, 5.41) is 0. The average molecular weight is 278 g/mol. The molecule has 0 aromatic carbocycles. The molecule has 0 amide bonds. The molecule has 0 spiro atoms. The van der Waals surface area contributed by atoms with Gasteiger partial charge in [-0.1, -0.05) is 13.8 Å². The fourth-order valence-corrected chi connectivity index (χ4v) is 3.85. The number of nitrogens with zero attached hydrogens (tertiary/aromatic N) is 1. The predicted octanol–water partition coefficient (Wildman–Crippen LogP) is 2.41. The second-order valence-corrected chi connectivity index (χ2v) is 6.90. The van der Waals surface area contributed by atoms with E-state index < -0.39 is 7.60 Å². The lowest BCUT2D eigenvalue weighted by atomic mass is 10.1. The first-order valence-electron chi connectivity index (χ1n) is 6.95. The number of rotatable bonds is 8. The Balaban J connectivity index is 2.46. The van der Waals surface area contributed by atoms with Gasteiger partial charge in [0, 0.05) is 19.1 Å². The third-order valence-corrected chi connectivity index (χ3v) is 4.89. The highest BCUT2D eigenvalue weighted by Gasteiger charge is 2.29. The highest BCUT2D eigenvalue weighted by atomic mass is 31.2. The van der Waals surface area contributed by atoms with Crippen LogP contribution in [0.1, 0.15) is 39.5 Å². The monoisotopic (exact) mass is 278 g/mol. The van der Waals surface area contributed by atoms with Crippen LogP contribution in [0, 0.1) is 0 Å². The Morgan fingerprint density at radius 3 is 2.11 bits per heavy atom. The zero-order chi connectivity index (χ0) is 13.4. The lowest BCUT2D eigenvalue weighted by Gasteiger charge is -2.32. The Hall–Kier alpha value is 0.0700. The molecule has 0 aliphatic carbocycles. The fourth-order valence-electron chi connectivity index (χ4n) is 1.92. The van der Waals surface area contributed by atoms with Crippen molar-refractivity contribution in [3.8, 4) is 0 Å². The molecule has 18 heavy (non-hydrogen) atoms. The first kappa shape index (κ1) is 16.1. The van der Waals surface area contributed by atoms with E-state index in [0.717, 1.165) is 38.8 Å². The largest absolute Gasteiger partial charge is 0.344 e. The molecule has 2 N–H and O–H groups in total. The zero-order valence-corrected chi connectivity index (χ0v) is 12.5. The van der Waals surface area contributed by atoms with Gasteiger partial charge in [0.15, 0.2) is 0 Å². The van der Waals surface area contributed by atoms with E-state index in [1.165, 1.54) is 0 Å². The standard InChI is InChI=1S/C12H27N2O3P/c1-3-9-16-18(15,17-10-4-2)11-14-7-5-12(13)6-8-14/h12H,3-11,13H2,1-2H3. The van der Waals surface area contributed by atoms with Gasteiger partial charge in [-0.3, -0.25) is 9.46 Å². The van der Waals surface area contributed by atoms with Crippen LogP contribution in [0.25, 0.3) is 0 Å². The maximum Gasteiger partial charge on any atom is 0.344 e. The Bertz CT molecular complexity index is 256. The highest BCUT2D eigenvalue weighted by molar-refractivity contribution is 7.53. The SMILES string of the molecule is CCCOP(=O)(CN1CCC(N)CC1)OCCC. The first-order chi connectivity index (χ1) is 8.59. The van der Waals surface area contributed by atoms with Crippen LogP contribution in [0.2, 0.25) is 0 Å². The van der Waals surface area contributed by atoms with E-state index in [1.807, 2.05) is 13.8 Å². The summed E-state index contributed by atoms with van der Waals surface area (Å²) in [6.07, 6.45) is 4.03. The van der Waals surface area contributed by atoms with Crippen molar-refractivity contribution in [1.29, 1.82) is 0 Å². The van der Waals surface area contributed by atoms with Crippen LogP contribution in [0.15, 0.2) is 0 Å². The average Bonchev–Trinajstić information content (AvgIpc) is 2.37. The van der Waals surface area contributed by atoms with Gasteiger partial charge in [-0.05, 0) is 25.7 Å².